The van der Waals surface area contributed by atoms with E-state index in [4.69, 9.17) is 16.3 Å². The molecule has 0 bridgehead atoms. The SMILES string of the molecule is COc1ccc(Cl)cc1C(=O)Nc1cccc(C(=O)NC(C)(C)C)c1. The molecule has 0 radical (unpaired) electrons. The number of nitrogens with one attached hydrogen (secondary N) is 2. The maximum Gasteiger partial charge on any atom is 0.259 e. The molecule has 25 heavy (non-hydrogen) atoms. The van der Waals surface area contributed by atoms with Crippen molar-refractivity contribution in [1.29, 1.82) is 0 Å². The minimum atomic E-state index is -0.368. The highest BCUT2D eigenvalue weighted by molar-refractivity contribution is 6.31. The fourth-order valence-corrected chi connectivity index (χ4v) is 2.38. The van der Waals surface area contributed by atoms with Crippen molar-refractivity contribution in [2.75, 3.05) is 12.4 Å². The lowest BCUT2D eigenvalue weighted by atomic mass is 10.1. The zero-order chi connectivity index (χ0) is 18.6. The van der Waals surface area contributed by atoms with Crippen molar-refractivity contribution in [2.45, 2.75) is 26.3 Å². The zero-order valence-corrected chi connectivity index (χ0v) is 15.4. The predicted molar refractivity (Wildman–Crippen MR) is 99.6 cm³/mol. The molecule has 0 heterocycles. The fourth-order valence-electron chi connectivity index (χ4n) is 2.21. The highest BCUT2D eigenvalue weighted by atomic mass is 35.5. The van der Waals surface area contributed by atoms with Crippen LogP contribution < -0.4 is 15.4 Å². The van der Waals surface area contributed by atoms with E-state index >= 15 is 0 Å². The Morgan fingerprint density at radius 3 is 2.40 bits per heavy atom. The molecule has 2 N–H and O–H groups in total. The van der Waals surface area contributed by atoms with E-state index < -0.39 is 0 Å². The summed E-state index contributed by atoms with van der Waals surface area (Å²) >= 11 is 5.96. The van der Waals surface area contributed by atoms with Gasteiger partial charge in [0.15, 0.2) is 0 Å². The standard InChI is InChI=1S/C19H21ClN2O3/c1-19(2,3)22-17(23)12-6-5-7-14(10-12)21-18(24)15-11-13(20)8-9-16(15)25-4/h5-11H,1-4H3,(H,21,24)(H,22,23). The highest BCUT2D eigenvalue weighted by Crippen LogP contribution is 2.24. The van der Waals surface area contributed by atoms with Gasteiger partial charge in [0, 0.05) is 21.8 Å². The average Bonchev–Trinajstić information content (AvgIpc) is 2.53. The van der Waals surface area contributed by atoms with Gasteiger partial charge < -0.3 is 15.4 Å². The van der Waals surface area contributed by atoms with Crippen LogP contribution in [0.25, 0.3) is 0 Å². The monoisotopic (exact) mass is 360 g/mol. The molecule has 0 atom stereocenters. The molecule has 2 rings (SSSR count). The summed E-state index contributed by atoms with van der Waals surface area (Å²) in [6, 6.07) is 11.5. The molecule has 0 fully saturated rings. The largest absolute Gasteiger partial charge is 0.496 e. The highest BCUT2D eigenvalue weighted by Gasteiger charge is 2.17. The molecular formula is C19H21ClN2O3. The summed E-state index contributed by atoms with van der Waals surface area (Å²) in [7, 11) is 1.48. The first-order valence-corrected chi connectivity index (χ1v) is 8.15. The van der Waals surface area contributed by atoms with Gasteiger partial charge in [-0.25, -0.2) is 0 Å². The molecule has 5 nitrogen and oxygen atoms in total. The number of halogens is 1. The Balaban J connectivity index is 2.21. The smallest absolute Gasteiger partial charge is 0.259 e. The van der Waals surface area contributed by atoms with Crippen LogP contribution in [-0.4, -0.2) is 24.5 Å². The molecule has 0 saturated carbocycles. The van der Waals surface area contributed by atoms with Crippen molar-refractivity contribution in [2.24, 2.45) is 0 Å². The second-order valence-corrected chi connectivity index (χ2v) is 7.02. The van der Waals surface area contributed by atoms with Crippen LogP contribution in [0.15, 0.2) is 42.5 Å². The van der Waals surface area contributed by atoms with Gasteiger partial charge in [0.2, 0.25) is 0 Å². The minimum absolute atomic E-state index is 0.205. The molecule has 0 spiro atoms. The van der Waals surface area contributed by atoms with E-state index in [1.165, 1.54) is 13.2 Å². The Labute approximate surface area is 152 Å². The Bertz CT molecular complexity index is 797. The first kappa shape index (κ1) is 18.8. The molecule has 0 unspecified atom stereocenters. The third-order valence-corrected chi connectivity index (χ3v) is 3.51. The van der Waals surface area contributed by atoms with Gasteiger partial charge >= 0.3 is 0 Å². The number of hydrogen-bond donors (Lipinski definition) is 2. The van der Waals surface area contributed by atoms with Gasteiger partial charge in [-0.1, -0.05) is 17.7 Å². The average molecular weight is 361 g/mol. The van der Waals surface area contributed by atoms with Gasteiger partial charge in [-0.05, 0) is 57.2 Å². The normalized spacial score (nSPS) is 10.9. The number of carbonyl (C=O) groups excluding carboxylic acids is 2. The molecule has 0 aromatic heterocycles. The first-order valence-electron chi connectivity index (χ1n) is 7.77. The van der Waals surface area contributed by atoms with Gasteiger partial charge in [-0.15, -0.1) is 0 Å². The van der Waals surface area contributed by atoms with Crippen molar-refractivity contribution < 1.29 is 14.3 Å². The molecule has 2 aromatic carbocycles. The number of ether oxygens (including phenoxy) is 1. The van der Waals surface area contributed by atoms with Crippen LogP contribution in [0.4, 0.5) is 5.69 Å². The van der Waals surface area contributed by atoms with Crippen LogP contribution in [-0.2, 0) is 0 Å². The quantitative estimate of drug-likeness (QED) is 0.861. The molecule has 6 heteroatoms. The molecule has 132 valence electrons. The Kier molecular flexibility index (Phi) is 5.69. The molecule has 0 aliphatic rings. The van der Waals surface area contributed by atoms with Crippen LogP contribution in [0, 0.1) is 0 Å². The van der Waals surface area contributed by atoms with Gasteiger partial charge in [0.1, 0.15) is 5.75 Å². The molecule has 0 aliphatic carbocycles. The molecular weight excluding hydrogens is 340 g/mol. The minimum Gasteiger partial charge on any atom is -0.496 e. The number of amides is 2. The van der Waals surface area contributed by atoms with E-state index in [2.05, 4.69) is 10.6 Å². The van der Waals surface area contributed by atoms with Crippen LogP contribution in [0.1, 0.15) is 41.5 Å². The summed E-state index contributed by atoms with van der Waals surface area (Å²) in [4.78, 5) is 24.8. The van der Waals surface area contributed by atoms with Crippen LogP contribution in [0.5, 0.6) is 5.75 Å². The Hall–Kier alpha value is -2.53. The van der Waals surface area contributed by atoms with Gasteiger partial charge in [0.05, 0.1) is 12.7 Å². The summed E-state index contributed by atoms with van der Waals surface area (Å²) in [5, 5.41) is 6.08. The number of carbonyl (C=O) groups is 2. The third-order valence-electron chi connectivity index (χ3n) is 3.28. The van der Waals surface area contributed by atoms with Gasteiger partial charge in [-0.2, -0.15) is 0 Å². The topological polar surface area (TPSA) is 67.4 Å². The number of methoxy groups -OCH3 is 1. The molecule has 2 amide bonds. The lowest BCUT2D eigenvalue weighted by Crippen LogP contribution is -2.40. The van der Waals surface area contributed by atoms with E-state index in [1.54, 1.807) is 36.4 Å². The second kappa shape index (κ2) is 7.57. The Morgan fingerprint density at radius 1 is 1.04 bits per heavy atom. The number of anilines is 1. The summed E-state index contributed by atoms with van der Waals surface area (Å²) in [5.41, 5.74) is 0.948. The van der Waals surface area contributed by atoms with E-state index in [9.17, 15) is 9.59 Å². The van der Waals surface area contributed by atoms with E-state index in [-0.39, 0.29) is 17.4 Å². The van der Waals surface area contributed by atoms with E-state index in [0.717, 1.165) is 0 Å². The van der Waals surface area contributed by atoms with E-state index in [1.807, 2.05) is 20.8 Å². The van der Waals surface area contributed by atoms with Gasteiger partial charge in [-0.3, -0.25) is 9.59 Å². The summed E-state index contributed by atoms with van der Waals surface area (Å²) in [6.45, 7) is 5.71. The number of benzene rings is 2. The van der Waals surface area contributed by atoms with Crippen molar-refractivity contribution in [1.82, 2.24) is 5.32 Å². The summed E-state index contributed by atoms with van der Waals surface area (Å²) < 4.78 is 5.19. The molecule has 2 aromatic rings. The Morgan fingerprint density at radius 2 is 1.76 bits per heavy atom. The maximum atomic E-state index is 12.5. The number of rotatable bonds is 4. The van der Waals surface area contributed by atoms with Crippen molar-refractivity contribution in [3.63, 3.8) is 0 Å². The van der Waals surface area contributed by atoms with Crippen molar-refractivity contribution in [3.05, 3.63) is 58.6 Å². The zero-order valence-electron chi connectivity index (χ0n) is 14.6. The van der Waals surface area contributed by atoms with Crippen molar-refractivity contribution >= 4 is 29.1 Å². The molecule has 0 saturated heterocycles. The van der Waals surface area contributed by atoms with Crippen LogP contribution in [0.2, 0.25) is 5.02 Å². The second-order valence-electron chi connectivity index (χ2n) is 6.58. The summed E-state index contributed by atoms with van der Waals surface area (Å²) in [5.74, 6) is -0.153. The van der Waals surface area contributed by atoms with Crippen LogP contribution >= 0.6 is 11.6 Å². The predicted octanol–water partition coefficient (Wildman–Crippen LogP) is 4.13. The summed E-state index contributed by atoms with van der Waals surface area (Å²) in [6.07, 6.45) is 0. The van der Waals surface area contributed by atoms with Gasteiger partial charge in [0.25, 0.3) is 11.8 Å². The van der Waals surface area contributed by atoms with Crippen LogP contribution in [0.3, 0.4) is 0 Å². The van der Waals surface area contributed by atoms with Crippen molar-refractivity contribution in [3.8, 4) is 5.75 Å². The fraction of sp³-hybridized carbons (Fsp3) is 0.263. The maximum absolute atomic E-state index is 12.5. The first-order chi connectivity index (χ1) is 11.7. The molecule has 0 aliphatic heterocycles. The lowest BCUT2D eigenvalue weighted by molar-refractivity contribution is 0.0918. The lowest BCUT2D eigenvalue weighted by Gasteiger charge is -2.20. The van der Waals surface area contributed by atoms with E-state index in [0.29, 0.717) is 27.6 Å². The number of hydrogen-bond acceptors (Lipinski definition) is 3. The third kappa shape index (κ3) is 5.22.